The van der Waals surface area contributed by atoms with Crippen LogP contribution in [-0.2, 0) is 0 Å². The molecule has 65 valence electrons. The van der Waals surface area contributed by atoms with Crippen molar-refractivity contribution in [2.24, 2.45) is 0 Å². The predicted octanol–water partition coefficient (Wildman–Crippen LogP) is 2.58. The number of hydrogen-bond donors (Lipinski definition) is 0. The van der Waals surface area contributed by atoms with E-state index >= 15 is 0 Å². The molecular weight excluding hydrogens is 166 g/mol. The average Bonchev–Trinajstić information content (AvgIpc) is 2.16. The second-order valence-electron chi connectivity index (χ2n) is 2.38. The summed E-state index contributed by atoms with van der Waals surface area (Å²) in [6, 6.07) is 4.93. The Morgan fingerprint density at radius 1 is 1.54 bits per heavy atom. The predicted molar refractivity (Wildman–Crippen MR) is 51.2 cm³/mol. The van der Waals surface area contributed by atoms with Gasteiger partial charge in [0.25, 0.3) is 5.69 Å². The number of nitro benzene ring substituents is 1. The fourth-order valence-electron chi connectivity index (χ4n) is 1.07. The van der Waals surface area contributed by atoms with E-state index in [1.165, 1.54) is 6.08 Å². The molecule has 0 atom stereocenters. The van der Waals surface area contributed by atoms with Crippen molar-refractivity contribution < 1.29 is 4.92 Å². The van der Waals surface area contributed by atoms with Gasteiger partial charge in [-0.15, -0.1) is 0 Å². The molecule has 0 N–H and O–H groups in total. The molecule has 0 saturated carbocycles. The normalized spacial score (nSPS) is 9.23. The minimum Gasteiger partial charge on any atom is -0.258 e. The van der Waals surface area contributed by atoms with E-state index in [0.29, 0.717) is 11.1 Å². The maximum atomic E-state index is 10.7. The summed E-state index contributed by atoms with van der Waals surface area (Å²) in [5.41, 5.74) is 0.883. The van der Waals surface area contributed by atoms with Gasteiger partial charge in [-0.1, -0.05) is 25.3 Å². The van der Waals surface area contributed by atoms with Crippen molar-refractivity contribution in [1.29, 1.82) is 0 Å². The molecule has 0 aromatic heterocycles. The van der Waals surface area contributed by atoms with Gasteiger partial charge in [0, 0.05) is 0 Å². The summed E-state index contributed by atoms with van der Waals surface area (Å²) in [4.78, 5) is 10.2. The molecule has 3 heteroatoms. The monoisotopic (exact) mass is 174 g/mol. The topological polar surface area (TPSA) is 43.1 Å². The molecule has 13 heavy (non-hydrogen) atoms. The third-order valence-electron chi connectivity index (χ3n) is 1.66. The first-order chi connectivity index (χ1) is 6.20. The van der Waals surface area contributed by atoms with E-state index in [2.05, 4.69) is 19.2 Å². The maximum Gasteiger partial charge on any atom is 0.284 e. The molecule has 0 aliphatic heterocycles. The molecule has 0 fully saturated rings. The Morgan fingerprint density at radius 3 is 2.69 bits per heavy atom. The van der Waals surface area contributed by atoms with E-state index in [0.717, 1.165) is 0 Å². The van der Waals surface area contributed by atoms with Crippen LogP contribution in [0.1, 0.15) is 11.1 Å². The van der Waals surface area contributed by atoms with Crippen molar-refractivity contribution in [1.82, 2.24) is 0 Å². The lowest BCUT2D eigenvalue weighted by Crippen LogP contribution is -1.94. The molecule has 3 nitrogen and oxygen atoms in total. The molecule has 1 rings (SSSR count). The number of nitrogens with zero attached hydrogens (tertiary/aromatic N) is 1. The van der Waals surface area contributed by atoms with Crippen LogP contribution in [0.25, 0.3) is 6.08 Å². The number of hydrogen-bond acceptors (Lipinski definition) is 2. The number of rotatable bonds is 3. The van der Waals surface area contributed by atoms with Crippen LogP contribution in [0.3, 0.4) is 0 Å². The van der Waals surface area contributed by atoms with Crippen molar-refractivity contribution >= 4 is 11.8 Å². The van der Waals surface area contributed by atoms with Crippen LogP contribution >= 0.6 is 0 Å². The Morgan fingerprint density at radius 2 is 2.23 bits per heavy atom. The Kier molecular flexibility index (Phi) is 2.59. The van der Waals surface area contributed by atoms with Gasteiger partial charge >= 0.3 is 0 Å². The van der Waals surface area contributed by atoms with Gasteiger partial charge in [0.05, 0.1) is 16.1 Å². The Balaban J connectivity index is 3.46. The SMILES string of the molecule is C=[C]c1cccc(C=C)c1[N+](=O)[O-]. The fraction of sp³-hybridized carbons (Fsp3) is 0. The fourth-order valence-corrected chi connectivity index (χ4v) is 1.07. The van der Waals surface area contributed by atoms with E-state index in [9.17, 15) is 10.1 Å². The van der Waals surface area contributed by atoms with E-state index in [4.69, 9.17) is 0 Å². The van der Waals surface area contributed by atoms with Crippen LogP contribution in [0.15, 0.2) is 31.4 Å². The van der Waals surface area contributed by atoms with Gasteiger partial charge in [-0.25, -0.2) is 0 Å². The standard InChI is InChI=1S/C10H8NO2/c1-3-8-6-5-7-9(4-2)10(8)11(12)13/h3,5-7H,1-2H2. The number of benzene rings is 1. The highest BCUT2D eigenvalue weighted by Crippen LogP contribution is 2.24. The molecule has 0 saturated heterocycles. The molecule has 1 aromatic carbocycles. The summed E-state index contributed by atoms with van der Waals surface area (Å²) in [7, 11) is 0. The lowest BCUT2D eigenvalue weighted by Gasteiger charge is -1.99. The van der Waals surface area contributed by atoms with Crippen LogP contribution in [0.2, 0.25) is 0 Å². The largest absolute Gasteiger partial charge is 0.284 e. The van der Waals surface area contributed by atoms with Crippen molar-refractivity contribution in [2.45, 2.75) is 0 Å². The zero-order chi connectivity index (χ0) is 9.84. The van der Waals surface area contributed by atoms with Crippen LogP contribution in [0, 0.1) is 16.2 Å². The highest BCUT2D eigenvalue weighted by atomic mass is 16.6. The summed E-state index contributed by atoms with van der Waals surface area (Å²) in [6.45, 7) is 6.88. The van der Waals surface area contributed by atoms with Gasteiger partial charge in [0.15, 0.2) is 0 Å². The number of nitro groups is 1. The summed E-state index contributed by atoms with van der Waals surface area (Å²) in [6.07, 6.45) is 3.96. The zero-order valence-electron chi connectivity index (χ0n) is 6.99. The Hall–Kier alpha value is -1.90. The quantitative estimate of drug-likeness (QED) is 0.522. The molecule has 0 heterocycles. The van der Waals surface area contributed by atoms with Crippen molar-refractivity contribution in [3.05, 3.63) is 58.7 Å². The summed E-state index contributed by atoms with van der Waals surface area (Å²) < 4.78 is 0. The average molecular weight is 174 g/mol. The molecule has 0 spiro atoms. The highest BCUT2D eigenvalue weighted by Gasteiger charge is 2.14. The van der Waals surface area contributed by atoms with Crippen molar-refractivity contribution in [3.8, 4) is 0 Å². The van der Waals surface area contributed by atoms with Gasteiger partial charge in [-0.05, 0) is 18.2 Å². The Bertz CT molecular complexity index is 343. The third kappa shape index (κ3) is 1.64. The lowest BCUT2D eigenvalue weighted by atomic mass is 10.1. The smallest absolute Gasteiger partial charge is 0.258 e. The summed E-state index contributed by atoms with van der Waals surface area (Å²) in [5, 5.41) is 10.7. The maximum absolute atomic E-state index is 10.7. The molecule has 0 aliphatic carbocycles. The van der Waals surface area contributed by atoms with Crippen LogP contribution in [0.5, 0.6) is 0 Å². The molecule has 0 aliphatic rings. The van der Waals surface area contributed by atoms with Crippen molar-refractivity contribution in [2.75, 3.05) is 0 Å². The van der Waals surface area contributed by atoms with Gasteiger partial charge in [0.1, 0.15) is 0 Å². The first kappa shape index (κ1) is 9.19. The minimum atomic E-state index is -0.454. The minimum absolute atomic E-state index is 0.00694. The first-order valence-electron chi connectivity index (χ1n) is 3.63. The van der Waals surface area contributed by atoms with Crippen LogP contribution in [0.4, 0.5) is 5.69 Å². The van der Waals surface area contributed by atoms with Gasteiger partial charge in [-0.2, -0.15) is 0 Å². The van der Waals surface area contributed by atoms with E-state index in [1.807, 2.05) is 0 Å². The molecule has 0 unspecified atom stereocenters. The van der Waals surface area contributed by atoms with Gasteiger partial charge in [0.2, 0.25) is 0 Å². The van der Waals surface area contributed by atoms with Crippen LogP contribution < -0.4 is 0 Å². The molecule has 1 radical (unpaired) electrons. The molecule has 1 aromatic rings. The number of para-hydroxylation sites is 1. The molecule has 0 bridgehead atoms. The Labute approximate surface area is 76.2 Å². The van der Waals surface area contributed by atoms with E-state index in [-0.39, 0.29) is 5.69 Å². The second-order valence-corrected chi connectivity index (χ2v) is 2.38. The zero-order valence-corrected chi connectivity index (χ0v) is 6.99. The van der Waals surface area contributed by atoms with E-state index in [1.54, 1.807) is 18.2 Å². The second kappa shape index (κ2) is 3.67. The van der Waals surface area contributed by atoms with Crippen molar-refractivity contribution in [3.63, 3.8) is 0 Å². The third-order valence-corrected chi connectivity index (χ3v) is 1.66. The van der Waals surface area contributed by atoms with E-state index < -0.39 is 4.92 Å². The first-order valence-corrected chi connectivity index (χ1v) is 3.63. The molecular formula is C10H8NO2. The summed E-state index contributed by atoms with van der Waals surface area (Å²) in [5.74, 6) is 0. The highest BCUT2D eigenvalue weighted by molar-refractivity contribution is 5.63. The van der Waals surface area contributed by atoms with Gasteiger partial charge in [-0.3, -0.25) is 10.1 Å². The lowest BCUT2D eigenvalue weighted by molar-refractivity contribution is -0.385. The summed E-state index contributed by atoms with van der Waals surface area (Å²) >= 11 is 0. The molecule has 0 amide bonds. The van der Waals surface area contributed by atoms with Gasteiger partial charge < -0.3 is 0 Å². The van der Waals surface area contributed by atoms with Crippen LogP contribution in [-0.4, -0.2) is 4.92 Å².